The van der Waals surface area contributed by atoms with Crippen molar-refractivity contribution in [1.29, 1.82) is 0 Å². The van der Waals surface area contributed by atoms with Gasteiger partial charge in [-0.15, -0.1) is 16.4 Å². The third-order valence-corrected chi connectivity index (χ3v) is 3.76. The molecule has 0 atom stereocenters. The number of carbonyl (C=O) groups is 1. The summed E-state index contributed by atoms with van der Waals surface area (Å²) in [6.45, 7) is 3.57. The molecule has 112 valence electrons. The fourth-order valence-corrected chi connectivity index (χ4v) is 2.56. The minimum Gasteiger partial charge on any atom is -0.295 e. The number of nitrogens with zero attached hydrogens (tertiary/aromatic N) is 4. The molecule has 0 spiro atoms. The minimum absolute atomic E-state index is 0.0367. The van der Waals surface area contributed by atoms with Crippen LogP contribution in [0, 0.1) is 19.7 Å². The van der Waals surface area contributed by atoms with E-state index in [1.807, 2.05) is 12.3 Å². The predicted octanol–water partition coefficient (Wildman–Crippen LogP) is 2.73. The monoisotopic (exact) mass is 317 g/mol. The summed E-state index contributed by atoms with van der Waals surface area (Å²) in [5.74, 6) is -0.196. The fourth-order valence-electron chi connectivity index (χ4n) is 1.88. The molecule has 1 aromatic carbocycles. The maximum atomic E-state index is 13.0. The normalized spacial score (nSPS) is 10.7. The summed E-state index contributed by atoms with van der Waals surface area (Å²) >= 11 is 1.33. The number of aromatic nitrogens is 4. The Labute approximate surface area is 129 Å². The molecule has 0 aliphatic rings. The van der Waals surface area contributed by atoms with E-state index in [2.05, 4.69) is 20.4 Å². The van der Waals surface area contributed by atoms with E-state index in [4.69, 9.17) is 0 Å². The summed E-state index contributed by atoms with van der Waals surface area (Å²) in [7, 11) is 0. The number of amides is 1. The van der Waals surface area contributed by atoms with Crippen molar-refractivity contribution in [3.05, 3.63) is 52.8 Å². The molecule has 0 fully saturated rings. The number of anilines is 1. The van der Waals surface area contributed by atoms with Crippen molar-refractivity contribution >= 4 is 22.4 Å². The highest BCUT2D eigenvalue weighted by atomic mass is 32.1. The Morgan fingerprint density at radius 2 is 1.95 bits per heavy atom. The second kappa shape index (κ2) is 5.64. The van der Waals surface area contributed by atoms with Crippen molar-refractivity contribution in [3.63, 3.8) is 0 Å². The van der Waals surface area contributed by atoms with Crippen LogP contribution in [0.5, 0.6) is 0 Å². The highest BCUT2D eigenvalue weighted by Gasteiger charge is 2.16. The number of benzene rings is 1. The molecule has 0 radical (unpaired) electrons. The summed E-state index contributed by atoms with van der Waals surface area (Å²) in [6, 6.07) is 5.80. The lowest BCUT2D eigenvalue weighted by molar-refractivity contribution is 0.101. The maximum absolute atomic E-state index is 13.0. The Hall–Kier alpha value is -2.61. The van der Waals surface area contributed by atoms with E-state index >= 15 is 0 Å². The Balaban J connectivity index is 1.85. The number of rotatable bonds is 3. The van der Waals surface area contributed by atoms with E-state index in [-0.39, 0.29) is 11.6 Å². The van der Waals surface area contributed by atoms with Crippen LogP contribution in [0.1, 0.15) is 22.1 Å². The lowest BCUT2D eigenvalue weighted by Crippen LogP contribution is -2.14. The van der Waals surface area contributed by atoms with Crippen LogP contribution < -0.4 is 5.32 Å². The topological polar surface area (TPSA) is 72.7 Å². The molecular formula is C14H12FN5OS. The highest BCUT2D eigenvalue weighted by molar-refractivity contribution is 7.13. The van der Waals surface area contributed by atoms with Crippen LogP contribution in [-0.4, -0.2) is 25.7 Å². The van der Waals surface area contributed by atoms with Gasteiger partial charge >= 0.3 is 0 Å². The highest BCUT2D eigenvalue weighted by Crippen LogP contribution is 2.16. The number of carbonyl (C=O) groups excluding carboxylic acids is 1. The Morgan fingerprint density at radius 3 is 2.59 bits per heavy atom. The van der Waals surface area contributed by atoms with Gasteiger partial charge in [0.2, 0.25) is 5.82 Å². The molecular weight excluding hydrogens is 305 g/mol. The van der Waals surface area contributed by atoms with E-state index in [1.54, 1.807) is 19.1 Å². The number of hydrogen-bond donors (Lipinski definition) is 1. The SMILES string of the molecule is Cc1csc(NC(=O)c2nc(C)n(-c3ccc(F)cc3)n2)n1. The van der Waals surface area contributed by atoms with Crippen molar-refractivity contribution in [2.24, 2.45) is 0 Å². The minimum atomic E-state index is -0.432. The summed E-state index contributed by atoms with van der Waals surface area (Å²) in [4.78, 5) is 20.4. The van der Waals surface area contributed by atoms with Gasteiger partial charge in [0, 0.05) is 5.38 Å². The zero-order chi connectivity index (χ0) is 15.7. The van der Waals surface area contributed by atoms with E-state index in [0.29, 0.717) is 16.6 Å². The van der Waals surface area contributed by atoms with Crippen LogP contribution in [0.3, 0.4) is 0 Å². The summed E-state index contributed by atoms with van der Waals surface area (Å²) in [5.41, 5.74) is 1.47. The molecule has 0 saturated carbocycles. The second-order valence-corrected chi connectivity index (χ2v) is 5.48. The Morgan fingerprint density at radius 1 is 1.23 bits per heavy atom. The van der Waals surface area contributed by atoms with Gasteiger partial charge in [-0.25, -0.2) is 19.0 Å². The lowest BCUT2D eigenvalue weighted by atomic mass is 10.3. The van der Waals surface area contributed by atoms with Crippen LogP contribution >= 0.6 is 11.3 Å². The van der Waals surface area contributed by atoms with Gasteiger partial charge in [-0.05, 0) is 38.1 Å². The van der Waals surface area contributed by atoms with Gasteiger partial charge in [-0.3, -0.25) is 10.1 Å². The van der Waals surface area contributed by atoms with Crippen LogP contribution in [-0.2, 0) is 0 Å². The molecule has 0 aliphatic heterocycles. The molecule has 0 unspecified atom stereocenters. The molecule has 3 rings (SSSR count). The van der Waals surface area contributed by atoms with Crippen LogP contribution in [0.25, 0.3) is 5.69 Å². The first-order valence-electron chi connectivity index (χ1n) is 6.46. The molecule has 8 heteroatoms. The summed E-state index contributed by atoms with van der Waals surface area (Å²) < 4.78 is 14.5. The molecule has 0 saturated heterocycles. The first kappa shape index (κ1) is 14.3. The van der Waals surface area contributed by atoms with Crippen molar-refractivity contribution in [2.45, 2.75) is 13.8 Å². The summed E-state index contributed by atoms with van der Waals surface area (Å²) in [6.07, 6.45) is 0. The molecule has 2 heterocycles. The number of aryl methyl sites for hydroxylation is 2. The largest absolute Gasteiger partial charge is 0.297 e. The number of hydrogen-bond acceptors (Lipinski definition) is 5. The summed E-state index contributed by atoms with van der Waals surface area (Å²) in [5, 5.41) is 9.15. The zero-order valence-electron chi connectivity index (χ0n) is 11.9. The predicted molar refractivity (Wildman–Crippen MR) is 80.9 cm³/mol. The molecule has 22 heavy (non-hydrogen) atoms. The smallest absolute Gasteiger partial charge is 0.295 e. The van der Waals surface area contributed by atoms with Gasteiger partial charge < -0.3 is 0 Å². The molecule has 6 nitrogen and oxygen atoms in total. The molecule has 1 amide bonds. The average molecular weight is 317 g/mol. The molecule has 0 aliphatic carbocycles. The standard InChI is InChI=1S/C14H12FN5OS/c1-8-7-22-14(16-8)18-13(21)12-17-9(2)20(19-12)11-5-3-10(15)4-6-11/h3-7H,1-2H3,(H,16,18,21). The molecule has 1 N–H and O–H groups in total. The lowest BCUT2D eigenvalue weighted by Gasteiger charge is -2.01. The van der Waals surface area contributed by atoms with Crippen molar-refractivity contribution < 1.29 is 9.18 Å². The molecule has 2 aromatic heterocycles. The Kier molecular flexibility index (Phi) is 3.68. The average Bonchev–Trinajstić information content (AvgIpc) is 3.06. The Bertz CT molecular complexity index is 824. The van der Waals surface area contributed by atoms with E-state index in [9.17, 15) is 9.18 Å². The zero-order valence-corrected chi connectivity index (χ0v) is 12.7. The first-order chi connectivity index (χ1) is 10.5. The number of thiazole rings is 1. The van der Waals surface area contributed by atoms with Gasteiger partial charge in [0.05, 0.1) is 11.4 Å². The second-order valence-electron chi connectivity index (χ2n) is 4.62. The third kappa shape index (κ3) is 2.86. The van der Waals surface area contributed by atoms with Crippen LogP contribution in [0.15, 0.2) is 29.6 Å². The number of halogens is 1. The fraction of sp³-hybridized carbons (Fsp3) is 0.143. The quantitative estimate of drug-likeness (QED) is 0.806. The van der Waals surface area contributed by atoms with Gasteiger partial charge in [-0.1, -0.05) is 0 Å². The molecule has 3 aromatic rings. The van der Waals surface area contributed by atoms with Gasteiger partial charge in [0.15, 0.2) is 5.13 Å². The van der Waals surface area contributed by atoms with Gasteiger partial charge in [0.1, 0.15) is 11.6 Å². The first-order valence-corrected chi connectivity index (χ1v) is 7.34. The van der Waals surface area contributed by atoms with Gasteiger partial charge in [-0.2, -0.15) is 0 Å². The van der Waals surface area contributed by atoms with Crippen molar-refractivity contribution in [2.75, 3.05) is 5.32 Å². The van der Waals surface area contributed by atoms with E-state index in [1.165, 1.54) is 28.2 Å². The van der Waals surface area contributed by atoms with E-state index < -0.39 is 5.91 Å². The number of nitrogens with one attached hydrogen (secondary N) is 1. The van der Waals surface area contributed by atoms with Crippen LogP contribution in [0.4, 0.5) is 9.52 Å². The van der Waals surface area contributed by atoms with Crippen molar-refractivity contribution in [3.8, 4) is 5.69 Å². The molecule has 0 bridgehead atoms. The van der Waals surface area contributed by atoms with E-state index in [0.717, 1.165) is 5.69 Å². The third-order valence-electron chi connectivity index (χ3n) is 2.88. The maximum Gasteiger partial charge on any atom is 0.297 e. The van der Waals surface area contributed by atoms with Gasteiger partial charge in [0.25, 0.3) is 5.91 Å². The van der Waals surface area contributed by atoms with Crippen molar-refractivity contribution in [1.82, 2.24) is 19.7 Å². The van der Waals surface area contributed by atoms with Crippen LogP contribution in [0.2, 0.25) is 0 Å².